The van der Waals surface area contributed by atoms with E-state index in [0.29, 0.717) is 47.6 Å². The van der Waals surface area contributed by atoms with Crippen molar-refractivity contribution in [2.24, 2.45) is 11.8 Å². The number of methoxy groups -OCH3 is 2. The molecule has 3 rings (SSSR count). The van der Waals surface area contributed by atoms with E-state index in [-0.39, 0.29) is 29.4 Å². The molecule has 0 bridgehead atoms. The molecule has 1 heterocycles. The van der Waals surface area contributed by atoms with Crippen LogP contribution in [0.4, 0.5) is 0 Å². The van der Waals surface area contributed by atoms with Gasteiger partial charge in [0.1, 0.15) is 23.0 Å². The molecule has 8 nitrogen and oxygen atoms in total. The number of nitrogens with zero attached hydrogens (tertiary/aromatic N) is 1. The zero-order valence-corrected chi connectivity index (χ0v) is 19.4. The molecule has 33 heavy (non-hydrogen) atoms. The molecule has 3 N–H and O–H groups in total. The van der Waals surface area contributed by atoms with Crippen molar-refractivity contribution in [3.05, 3.63) is 47.0 Å². The van der Waals surface area contributed by atoms with Gasteiger partial charge in [-0.25, -0.2) is 4.79 Å². The number of aromatic hydroxyl groups is 2. The molecule has 3 atom stereocenters. The second-order valence-corrected chi connectivity index (χ2v) is 8.84. The van der Waals surface area contributed by atoms with Crippen molar-refractivity contribution < 1.29 is 34.4 Å². The summed E-state index contributed by atoms with van der Waals surface area (Å²) in [6.45, 7) is 5.52. The molecular weight excluding hydrogens is 426 g/mol. The predicted molar refractivity (Wildman–Crippen MR) is 122 cm³/mol. The number of ether oxygens (including phenoxy) is 2. The van der Waals surface area contributed by atoms with E-state index in [9.17, 15) is 24.9 Å². The molecule has 0 aromatic heterocycles. The van der Waals surface area contributed by atoms with Crippen molar-refractivity contribution in [2.45, 2.75) is 32.6 Å². The summed E-state index contributed by atoms with van der Waals surface area (Å²) < 4.78 is 10.7. The number of carbonyl (C=O) groups is 2. The molecule has 3 unspecified atom stereocenters. The maximum absolute atomic E-state index is 13.4. The van der Waals surface area contributed by atoms with Crippen LogP contribution in [0.5, 0.6) is 23.0 Å². The van der Waals surface area contributed by atoms with E-state index in [4.69, 9.17) is 9.47 Å². The molecule has 0 radical (unpaired) electrons. The topological polar surface area (TPSA) is 117 Å². The molecule has 1 aliphatic rings. The normalized spacial score (nSPS) is 19.1. The monoisotopic (exact) mass is 457 g/mol. The number of benzene rings is 2. The Morgan fingerprint density at radius 3 is 2.24 bits per heavy atom. The van der Waals surface area contributed by atoms with Crippen LogP contribution >= 0.6 is 0 Å². The highest BCUT2D eigenvalue weighted by molar-refractivity contribution is 5.88. The molecule has 1 saturated heterocycles. The first-order valence-electron chi connectivity index (χ1n) is 10.9. The van der Waals surface area contributed by atoms with Gasteiger partial charge in [0.05, 0.1) is 19.8 Å². The molecule has 1 amide bonds. The summed E-state index contributed by atoms with van der Waals surface area (Å²) in [4.78, 5) is 26.5. The van der Waals surface area contributed by atoms with Crippen molar-refractivity contribution in [2.75, 3.05) is 27.3 Å². The van der Waals surface area contributed by atoms with Crippen LogP contribution in [0.25, 0.3) is 0 Å². The number of carboxylic acids is 1. The van der Waals surface area contributed by atoms with Gasteiger partial charge in [0.25, 0.3) is 0 Å². The van der Waals surface area contributed by atoms with E-state index in [1.165, 1.54) is 32.4 Å². The molecule has 1 fully saturated rings. The highest BCUT2D eigenvalue weighted by Crippen LogP contribution is 2.45. The summed E-state index contributed by atoms with van der Waals surface area (Å²) in [7, 11) is 2.90. The maximum Gasteiger partial charge on any atom is 0.335 e. The zero-order valence-electron chi connectivity index (χ0n) is 19.4. The first-order chi connectivity index (χ1) is 15.6. The number of rotatable bonds is 7. The van der Waals surface area contributed by atoms with Crippen LogP contribution in [0.15, 0.2) is 30.3 Å². The molecule has 1 aliphatic heterocycles. The fourth-order valence-corrected chi connectivity index (χ4v) is 4.73. The lowest BCUT2D eigenvalue weighted by atomic mass is 9.84. The van der Waals surface area contributed by atoms with E-state index in [1.54, 1.807) is 6.07 Å². The van der Waals surface area contributed by atoms with Crippen LogP contribution < -0.4 is 9.47 Å². The number of piperidine rings is 1. The summed E-state index contributed by atoms with van der Waals surface area (Å²) in [6, 6.07) is 7.00. The Hall–Kier alpha value is -3.42. The quantitative estimate of drug-likeness (QED) is 0.578. The summed E-state index contributed by atoms with van der Waals surface area (Å²) in [6.07, 6.45) is 1.02. The summed E-state index contributed by atoms with van der Waals surface area (Å²) in [5.74, 6) is -1.05. The Balaban J connectivity index is 2.08. The minimum Gasteiger partial charge on any atom is -0.508 e. The van der Waals surface area contributed by atoms with Crippen LogP contribution in [-0.4, -0.2) is 59.4 Å². The predicted octanol–water partition coefficient (Wildman–Crippen LogP) is 3.84. The zero-order chi connectivity index (χ0) is 24.3. The van der Waals surface area contributed by atoms with E-state index in [0.717, 1.165) is 12.5 Å². The van der Waals surface area contributed by atoms with Crippen molar-refractivity contribution in [1.82, 2.24) is 4.90 Å². The summed E-state index contributed by atoms with van der Waals surface area (Å²) >= 11 is 0. The van der Waals surface area contributed by atoms with Gasteiger partial charge in [-0.3, -0.25) is 4.79 Å². The smallest absolute Gasteiger partial charge is 0.335 e. The lowest BCUT2D eigenvalue weighted by molar-refractivity contribution is -0.134. The summed E-state index contributed by atoms with van der Waals surface area (Å²) in [5.41, 5.74) is 0.569. The average Bonchev–Trinajstić information content (AvgIpc) is 2.76. The fraction of sp³-hybridized carbons (Fsp3) is 0.440. The Morgan fingerprint density at radius 2 is 1.70 bits per heavy atom. The van der Waals surface area contributed by atoms with E-state index < -0.39 is 11.9 Å². The SMILES string of the molecule is COc1cc(O)c(C(CC(=O)N2CC(C)CC(C)C2)c2ccc(C(=O)O)cc2O)c(OC)c1. The highest BCUT2D eigenvalue weighted by Gasteiger charge is 2.32. The minimum atomic E-state index is -1.18. The van der Waals surface area contributed by atoms with Gasteiger partial charge in [0.2, 0.25) is 5.91 Å². The molecule has 8 heteroatoms. The number of phenols is 2. The summed E-state index contributed by atoms with van der Waals surface area (Å²) in [5, 5.41) is 30.8. The number of amides is 1. The lowest BCUT2D eigenvalue weighted by Crippen LogP contribution is -2.43. The Labute approximate surface area is 193 Å². The second-order valence-electron chi connectivity index (χ2n) is 8.84. The molecule has 0 aliphatic carbocycles. The van der Waals surface area contributed by atoms with Crippen LogP contribution in [0, 0.1) is 11.8 Å². The third kappa shape index (κ3) is 5.32. The Bertz CT molecular complexity index is 1030. The first-order valence-corrected chi connectivity index (χ1v) is 10.9. The van der Waals surface area contributed by atoms with Crippen LogP contribution in [-0.2, 0) is 4.79 Å². The molecule has 0 saturated carbocycles. The van der Waals surface area contributed by atoms with Crippen molar-refractivity contribution >= 4 is 11.9 Å². The fourth-order valence-electron chi connectivity index (χ4n) is 4.73. The molecule has 2 aromatic rings. The molecule has 2 aromatic carbocycles. The van der Waals surface area contributed by atoms with Crippen molar-refractivity contribution in [3.63, 3.8) is 0 Å². The highest BCUT2D eigenvalue weighted by atomic mass is 16.5. The van der Waals surface area contributed by atoms with E-state index >= 15 is 0 Å². The number of likely N-dealkylation sites (tertiary alicyclic amines) is 1. The van der Waals surface area contributed by atoms with Crippen molar-refractivity contribution in [1.29, 1.82) is 0 Å². The van der Waals surface area contributed by atoms with Gasteiger partial charge in [0.15, 0.2) is 0 Å². The first kappa shape index (κ1) is 24.2. The third-order valence-corrected chi connectivity index (χ3v) is 6.15. The van der Waals surface area contributed by atoms with Gasteiger partial charge in [-0.1, -0.05) is 19.9 Å². The van der Waals surface area contributed by atoms with E-state index in [2.05, 4.69) is 13.8 Å². The number of carboxylic acid groups (broad SMARTS) is 1. The number of phenolic OH excluding ortho intramolecular Hbond substituents is 2. The third-order valence-electron chi connectivity index (χ3n) is 6.15. The standard InChI is InChI=1S/C25H31NO7/c1-14-7-15(2)13-26(12-14)23(29)11-19(18-6-5-16(25(30)31)8-20(18)27)24-21(28)9-17(32-3)10-22(24)33-4/h5-6,8-10,14-15,19,27-28H,7,11-13H2,1-4H3,(H,30,31). The van der Waals surface area contributed by atoms with Gasteiger partial charge in [-0.15, -0.1) is 0 Å². The number of aromatic carboxylic acids is 1. The average molecular weight is 458 g/mol. The molecule has 0 spiro atoms. The Morgan fingerprint density at radius 1 is 1.03 bits per heavy atom. The number of hydrogen-bond acceptors (Lipinski definition) is 6. The van der Waals surface area contributed by atoms with Crippen molar-refractivity contribution in [3.8, 4) is 23.0 Å². The maximum atomic E-state index is 13.4. The lowest BCUT2D eigenvalue weighted by Gasteiger charge is -2.36. The minimum absolute atomic E-state index is 0.0321. The molecule has 178 valence electrons. The van der Waals surface area contributed by atoms with Gasteiger partial charge >= 0.3 is 5.97 Å². The van der Waals surface area contributed by atoms with Crippen LogP contribution in [0.1, 0.15) is 54.1 Å². The second kappa shape index (κ2) is 10.0. The van der Waals surface area contributed by atoms with Gasteiger partial charge in [0, 0.05) is 48.7 Å². The van der Waals surface area contributed by atoms with Crippen LogP contribution in [0.3, 0.4) is 0 Å². The van der Waals surface area contributed by atoms with E-state index in [1.807, 2.05) is 4.90 Å². The van der Waals surface area contributed by atoms with Gasteiger partial charge < -0.3 is 29.7 Å². The molecular formula is C25H31NO7. The van der Waals surface area contributed by atoms with Crippen LogP contribution in [0.2, 0.25) is 0 Å². The van der Waals surface area contributed by atoms with Gasteiger partial charge in [-0.05, 0) is 30.4 Å². The Kier molecular flexibility index (Phi) is 7.36. The number of hydrogen-bond donors (Lipinski definition) is 3. The number of carbonyl (C=O) groups excluding carboxylic acids is 1. The van der Waals surface area contributed by atoms with Gasteiger partial charge in [-0.2, -0.15) is 0 Å². The largest absolute Gasteiger partial charge is 0.508 e.